The average Bonchev–Trinajstić information content (AvgIpc) is 3.58. The highest BCUT2D eigenvalue weighted by Gasteiger charge is 2.32. The van der Waals surface area contributed by atoms with Gasteiger partial charge in [-0.25, -0.2) is 4.99 Å². The van der Waals surface area contributed by atoms with E-state index in [2.05, 4.69) is 10.3 Å². The molecule has 0 saturated carbocycles. The molecule has 1 aliphatic rings. The maximum atomic E-state index is 14.0. The van der Waals surface area contributed by atoms with Crippen molar-refractivity contribution in [2.75, 3.05) is 5.32 Å². The third-order valence-corrected chi connectivity index (χ3v) is 8.74. The van der Waals surface area contributed by atoms with Gasteiger partial charge in [0.2, 0.25) is 0 Å². The SMILES string of the molecule is CC1=C(C(=O)Nc2ccccc2)C(c2ccc(Cl)cc2)n2c(s/c(=C\c3ccc(-c4cc(C)c(C)c([N+](=O)[O-])c4)o3)c2=O)=N1. The smallest absolute Gasteiger partial charge is 0.273 e. The van der Waals surface area contributed by atoms with Gasteiger partial charge in [-0.15, -0.1) is 0 Å². The molecule has 11 heteroatoms. The molecule has 0 spiro atoms. The molecule has 2 aromatic heterocycles. The number of nitro benzene ring substituents is 1. The molecule has 0 radical (unpaired) electrons. The fourth-order valence-electron chi connectivity index (χ4n) is 5.18. The Hall–Kier alpha value is -5.06. The molecule has 1 atom stereocenters. The first-order valence-electron chi connectivity index (χ1n) is 13.6. The number of benzene rings is 3. The van der Waals surface area contributed by atoms with Gasteiger partial charge in [-0.3, -0.25) is 24.3 Å². The summed E-state index contributed by atoms with van der Waals surface area (Å²) in [5, 5.41) is 15.0. The molecule has 3 aromatic carbocycles. The van der Waals surface area contributed by atoms with Gasteiger partial charge in [-0.2, -0.15) is 0 Å². The molecule has 5 aromatic rings. The van der Waals surface area contributed by atoms with Gasteiger partial charge in [0, 0.05) is 34.0 Å². The van der Waals surface area contributed by atoms with E-state index < -0.39 is 11.0 Å². The van der Waals surface area contributed by atoms with Crippen molar-refractivity contribution in [2.45, 2.75) is 26.8 Å². The number of nitro groups is 1. The van der Waals surface area contributed by atoms with Gasteiger partial charge in [-0.05, 0) is 74.4 Å². The van der Waals surface area contributed by atoms with Crippen molar-refractivity contribution in [1.29, 1.82) is 0 Å². The molecule has 0 saturated heterocycles. The lowest BCUT2D eigenvalue weighted by atomic mass is 9.95. The minimum Gasteiger partial charge on any atom is -0.457 e. The van der Waals surface area contributed by atoms with Crippen LogP contribution in [0.2, 0.25) is 5.02 Å². The van der Waals surface area contributed by atoms with Gasteiger partial charge in [0.05, 0.1) is 26.8 Å². The number of rotatable bonds is 6. The van der Waals surface area contributed by atoms with Crippen molar-refractivity contribution < 1.29 is 14.1 Å². The van der Waals surface area contributed by atoms with Crippen LogP contribution in [-0.4, -0.2) is 15.4 Å². The highest BCUT2D eigenvalue weighted by molar-refractivity contribution is 7.07. The van der Waals surface area contributed by atoms with Crippen LogP contribution in [0.25, 0.3) is 17.4 Å². The minimum absolute atomic E-state index is 0.0101. The molecule has 0 fully saturated rings. The van der Waals surface area contributed by atoms with Crippen LogP contribution in [0, 0.1) is 24.0 Å². The van der Waals surface area contributed by atoms with Crippen molar-refractivity contribution in [1.82, 2.24) is 4.57 Å². The molecule has 1 unspecified atom stereocenters. The van der Waals surface area contributed by atoms with E-state index >= 15 is 0 Å². The zero-order chi connectivity index (χ0) is 31.1. The van der Waals surface area contributed by atoms with E-state index in [1.807, 2.05) is 31.2 Å². The standard InChI is InChI=1S/C33H25ClN4O5S/c1-18-15-22(16-26(19(18)2)38(41)42)27-14-13-25(43-27)17-28-32(40)37-30(21-9-11-23(34)12-10-21)29(20(3)35-33(37)44-28)31(39)36-24-7-5-4-6-8-24/h4-17,30H,1-3H3,(H,36,39)/b28-17-. The Morgan fingerprint density at radius 1 is 1.07 bits per heavy atom. The number of para-hydroxylation sites is 1. The average molecular weight is 625 g/mol. The fraction of sp³-hybridized carbons (Fsp3) is 0.121. The number of carbonyl (C=O) groups is 1. The Bertz CT molecular complexity index is 2160. The number of aryl methyl sites for hydroxylation is 1. The van der Waals surface area contributed by atoms with Gasteiger partial charge in [-0.1, -0.05) is 53.3 Å². The van der Waals surface area contributed by atoms with E-state index in [0.29, 0.717) is 59.5 Å². The Kier molecular flexibility index (Phi) is 7.62. The highest BCUT2D eigenvalue weighted by Crippen LogP contribution is 2.33. The second-order valence-corrected chi connectivity index (χ2v) is 11.8. The summed E-state index contributed by atoms with van der Waals surface area (Å²) in [6, 6.07) is 22.1. The highest BCUT2D eigenvalue weighted by atomic mass is 35.5. The predicted molar refractivity (Wildman–Crippen MR) is 171 cm³/mol. The van der Waals surface area contributed by atoms with Crippen LogP contribution >= 0.6 is 22.9 Å². The first-order valence-corrected chi connectivity index (χ1v) is 14.8. The summed E-state index contributed by atoms with van der Waals surface area (Å²) < 4.78 is 7.89. The van der Waals surface area contributed by atoms with E-state index in [1.54, 1.807) is 68.5 Å². The monoisotopic (exact) mass is 624 g/mol. The molecular formula is C33H25ClN4O5S. The zero-order valence-electron chi connectivity index (χ0n) is 23.8. The van der Waals surface area contributed by atoms with Gasteiger partial charge >= 0.3 is 0 Å². The number of anilines is 1. The number of hydrogen-bond donors (Lipinski definition) is 1. The Labute approximate surface area is 260 Å². The molecule has 1 N–H and O–H groups in total. The summed E-state index contributed by atoms with van der Waals surface area (Å²) in [6.45, 7) is 5.27. The molecule has 1 aliphatic heterocycles. The third-order valence-electron chi connectivity index (χ3n) is 7.51. The van der Waals surface area contributed by atoms with Crippen LogP contribution < -0.4 is 20.2 Å². The molecule has 220 valence electrons. The van der Waals surface area contributed by atoms with Gasteiger partial charge in [0.1, 0.15) is 11.5 Å². The summed E-state index contributed by atoms with van der Waals surface area (Å²) in [5.41, 5.74) is 3.74. The summed E-state index contributed by atoms with van der Waals surface area (Å²) in [5.74, 6) is 0.460. The molecule has 0 bridgehead atoms. The summed E-state index contributed by atoms with van der Waals surface area (Å²) >= 11 is 7.36. The molecular weight excluding hydrogens is 600 g/mol. The van der Waals surface area contributed by atoms with Crippen LogP contribution in [0.5, 0.6) is 0 Å². The van der Waals surface area contributed by atoms with Crippen molar-refractivity contribution in [2.24, 2.45) is 4.99 Å². The van der Waals surface area contributed by atoms with Crippen LogP contribution in [-0.2, 0) is 4.79 Å². The number of fused-ring (bicyclic) bond motifs is 1. The number of furan rings is 1. The van der Waals surface area contributed by atoms with Crippen molar-refractivity contribution in [3.05, 3.63) is 147 Å². The van der Waals surface area contributed by atoms with Crippen LogP contribution in [0.3, 0.4) is 0 Å². The first-order chi connectivity index (χ1) is 21.1. The summed E-state index contributed by atoms with van der Waals surface area (Å²) in [6.07, 6.45) is 1.62. The molecule has 6 rings (SSSR count). The molecule has 9 nitrogen and oxygen atoms in total. The second-order valence-electron chi connectivity index (χ2n) is 10.3. The van der Waals surface area contributed by atoms with Crippen LogP contribution in [0.4, 0.5) is 11.4 Å². The van der Waals surface area contributed by atoms with E-state index in [0.717, 1.165) is 5.56 Å². The largest absolute Gasteiger partial charge is 0.457 e. The number of hydrogen-bond acceptors (Lipinski definition) is 7. The van der Waals surface area contributed by atoms with Crippen molar-refractivity contribution >= 4 is 46.3 Å². The number of aromatic nitrogens is 1. The van der Waals surface area contributed by atoms with E-state index in [4.69, 9.17) is 16.0 Å². The topological polar surface area (TPSA) is 120 Å². The fourth-order valence-corrected chi connectivity index (χ4v) is 6.33. The van der Waals surface area contributed by atoms with Crippen LogP contribution in [0.15, 0.2) is 104 Å². The number of amides is 1. The van der Waals surface area contributed by atoms with E-state index in [-0.39, 0.29) is 17.2 Å². The molecule has 1 amide bonds. The van der Waals surface area contributed by atoms with Gasteiger partial charge in [0.15, 0.2) is 4.80 Å². The summed E-state index contributed by atoms with van der Waals surface area (Å²) in [4.78, 5) is 43.9. The number of carbonyl (C=O) groups excluding carboxylic acids is 1. The quantitative estimate of drug-likeness (QED) is 0.175. The first kappa shape index (κ1) is 29.0. The van der Waals surface area contributed by atoms with Crippen molar-refractivity contribution in [3.8, 4) is 11.3 Å². The van der Waals surface area contributed by atoms with Crippen LogP contribution in [0.1, 0.15) is 35.4 Å². The van der Waals surface area contributed by atoms with Gasteiger partial charge < -0.3 is 9.73 Å². The van der Waals surface area contributed by atoms with Gasteiger partial charge in [0.25, 0.3) is 17.2 Å². The number of halogens is 1. The predicted octanol–water partition coefficient (Wildman–Crippen LogP) is 6.31. The maximum Gasteiger partial charge on any atom is 0.273 e. The number of nitrogens with zero attached hydrogens (tertiary/aromatic N) is 3. The minimum atomic E-state index is -0.752. The zero-order valence-corrected chi connectivity index (χ0v) is 25.4. The third kappa shape index (κ3) is 5.41. The lowest BCUT2D eigenvalue weighted by Gasteiger charge is -2.25. The van der Waals surface area contributed by atoms with Crippen molar-refractivity contribution in [3.63, 3.8) is 0 Å². The molecule has 44 heavy (non-hydrogen) atoms. The summed E-state index contributed by atoms with van der Waals surface area (Å²) in [7, 11) is 0. The Balaban J connectivity index is 1.44. The number of thiazole rings is 1. The number of nitrogens with one attached hydrogen (secondary N) is 1. The molecule has 0 aliphatic carbocycles. The second kappa shape index (κ2) is 11.6. The maximum absolute atomic E-state index is 14.0. The molecule has 3 heterocycles. The van der Waals surface area contributed by atoms with E-state index in [1.165, 1.54) is 22.0 Å². The Morgan fingerprint density at radius 2 is 1.80 bits per heavy atom. The van der Waals surface area contributed by atoms with E-state index in [9.17, 15) is 19.7 Å². The Morgan fingerprint density at radius 3 is 2.50 bits per heavy atom. The lowest BCUT2D eigenvalue weighted by Crippen LogP contribution is -2.40. The lowest BCUT2D eigenvalue weighted by molar-refractivity contribution is -0.385. The number of allylic oxidation sites excluding steroid dienone is 1. The normalized spacial score (nSPS) is 14.7.